The van der Waals surface area contributed by atoms with E-state index in [4.69, 9.17) is 4.74 Å². The lowest BCUT2D eigenvalue weighted by molar-refractivity contribution is -0.143. The van der Waals surface area contributed by atoms with Gasteiger partial charge in [-0.1, -0.05) is 25.1 Å². The minimum Gasteiger partial charge on any atom is -0.469 e. The number of para-hydroxylation sites is 1. The molecule has 4 heteroatoms. The molecular weight excluding hydrogens is 242 g/mol. The molecule has 1 heterocycles. The van der Waals surface area contributed by atoms with Gasteiger partial charge in [-0.25, -0.2) is 0 Å². The number of fused-ring (bicyclic) bond motifs is 1. The molecule has 19 heavy (non-hydrogen) atoms. The Hall–Kier alpha value is -1.84. The molecule has 0 N–H and O–H groups in total. The van der Waals surface area contributed by atoms with Crippen molar-refractivity contribution in [2.24, 2.45) is 0 Å². The number of ether oxygens (including phenoxy) is 1. The Kier molecular flexibility index (Phi) is 3.88. The van der Waals surface area contributed by atoms with Crippen LogP contribution in [0.4, 0.5) is 5.69 Å². The fourth-order valence-corrected chi connectivity index (χ4v) is 2.73. The molecule has 0 radical (unpaired) electrons. The second-order valence-corrected chi connectivity index (χ2v) is 4.84. The van der Waals surface area contributed by atoms with Crippen LogP contribution in [0.15, 0.2) is 24.3 Å². The van der Waals surface area contributed by atoms with Crippen LogP contribution in [0.5, 0.6) is 0 Å². The highest BCUT2D eigenvalue weighted by Crippen LogP contribution is 2.39. The van der Waals surface area contributed by atoms with Crippen LogP contribution in [0.1, 0.15) is 38.2 Å². The molecule has 2 rings (SSSR count). The molecule has 0 spiro atoms. The molecular formula is C15H19NO3. The van der Waals surface area contributed by atoms with E-state index in [1.807, 2.05) is 38.1 Å². The number of rotatable bonds is 2. The number of hydrogen-bond acceptors (Lipinski definition) is 3. The molecule has 1 aliphatic heterocycles. The second-order valence-electron chi connectivity index (χ2n) is 4.84. The van der Waals surface area contributed by atoms with Crippen LogP contribution in [0, 0.1) is 0 Å². The third-order valence-corrected chi connectivity index (χ3v) is 3.65. The molecule has 1 amide bonds. The van der Waals surface area contributed by atoms with Crippen LogP contribution in [0.2, 0.25) is 0 Å². The summed E-state index contributed by atoms with van der Waals surface area (Å²) in [6.45, 7) is 3.82. The van der Waals surface area contributed by atoms with Crippen LogP contribution in [0.25, 0.3) is 0 Å². The maximum atomic E-state index is 12.1. The number of hydrogen-bond donors (Lipinski definition) is 0. The number of esters is 1. The zero-order valence-corrected chi connectivity index (χ0v) is 11.6. The third kappa shape index (κ3) is 2.35. The van der Waals surface area contributed by atoms with Gasteiger partial charge >= 0.3 is 5.97 Å². The van der Waals surface area contributed by atoms with Crippen molar-refractivity contribution >= 4 is 17.6 Å². The number of anilines is 1. The summed E-state index contributed by atoms with van der Waals surface area (Å²) in [6.07, 6.45) is 1.07. The predicted octanol–water partition coefficient (Wildman–Crippen LogP) is 2.48. The van der Waals surface area contributed by atoms with Crippen LogP contribution < -0.4 is 4.90 Å². The van der Waals surface area contributed by atoms with Gasteiger partial charge in [-0.05, 0) is 25.0 Å². The predicted molar refractivity (Wildman–Crippen MR) is 73.1 cm³/mol. The van der Waals surface area contributed by atoms with Crippen LogP contribution in [0.3, 0.4) is 0 Å². The van der Waals surface area contributed by atoms with E-state index in [9.17, 15) is 9.59 Å². The highest BCUT2D eigenvalue weighted by Gasteiger charge is 2.36. The van der Waals surface area contributed by atoms with Crippen molar-refractivity contribution in [3.63, 3.8) is 0 Å². The van der Waals surface area contributed by atoms with Gasteiger partial charge in [0, 0.05) is 18.2 Å². The van der Waals surface area contributed by atoms with Gasteiger partial charge in [-0.2, -0.15) is 0 Å². The van der Waals surface area contributed by atoms with E-state index in [2.05, 4.69) is 0 Å². The first kappa shape index (κ1) is 13.6. The molecule has 1 aliphatic rings. The van der Waals surface area contributed by atoms with Gasteiger partial charge in [0.1, 0.15) is 0 Å². The number of amides is 1. The van der Waals surface area contributed by atoms with E-state index in [0.717, 1.165) is 11.3 Å². The first-order valence-electron chi connectivity index (χ1n) is 6.59. The van der Waals surface area contributed by atoms with Gasteiger partial charge in [-0.3, -0.25) is 9.59 Å². The number of carbonyl (C=O) groups excluding carboxylic acids is 2. The maximum Gasteiger partial charge on any atom is 0.313 e. The molecule has 0 aromatic heterocycles. The standard InChI is InChI=1S/C15H19NO3/c1-4-14(17)16-10(2)9-12(15(18)19-3)11-7-5-6-8-13(11)16/h5-8,10,12H,4,9H2,1-3H3. The second kappa shape index (κ2) is 5.43. The molecule has 0 aliphatic carbocycles. The summed E-state index contributed by atoms with van der Waals surface area (Å²) >= 11 is 0. The smallest absolute Gasteiger partial charge is 0.313 e. The highest BCUT2D eigenvalue weighted by atomic mass is 16.5. The number of nitrogens with zero attached hydrogens (tertiary/aromatic N) is 1. The number of carbonyl (C=O) groups is 2. The Bertz CT molecular complexity index is 498. The molecule has 4 nitrogen and oxygen atoms in total. The van der Waals surface area contributed by atoms with E-state index in [1.54, 1.807) is 4.90 Å². The lowest BCUT2D eigenvalue weighted by Crippen LogP contribution is -2.44. The van der Waals surface area contributed by atoms with Gasteiger partial charge in [0.25, 0.3) is 0 Å². The molecule has 2 atom stereocenters. The monoisotopic (exact) mass is 261 g/mol. The largest absolute Gasteiger partial charge is 0.469 e. The molecule has 102 valence electrons. The average molecular weight is 261 g/mol. The minimum absolute atomic E-state index is 0.00597. The maximum absolute atomic E-state index is 12.1. The van der Waals surface area contributed by atoms with Crippen molar-refractivity contribution in [1.82, 2.24) is 0 Å². The number of methoxy groups -OCH3 is 1. The molecule has 0 fully saturated rings. The fourth-order valence-electron chi connectivity index (χ4n) is 2.73. The quantitative estimate of drug-likeness (QED) is 0.768. The van der Waals surface area contributed by atoms with E-state index >= 15 is 0 Å². The van der Waals surface area contributed by atoms with E-state index < -0.39 is 0 Å². The Labute approximate surface area is 113 Å². The fraction of sp³-hybridized carbons (Fsp3) is 0.467. The van der Waals surface area contributed by atoms with E-state index in [1.165, 1.54) is 7.11 Å². The third-order valence-electron chi connectivity index (χ3n) is 3.65. The summed E-state index contributed by atoms with van der Waals surface area (Å²) in [6, 6.07) is 7.58. The van der Waals surface area contributed by atoms with Gasteiger partial charge in [0.2, 0.25) is 5.91 Å². The van der Waals surface area contributed by atoms with Gasteiger partial charge in [-0.15, -0.1) is 0 Å². The van der Waals surface area contributed by atoms with Crippen molar-refractivity contribution in [3.8, 4) is 0 Å². The zero-order valence-electron chi connectivity index (χ0n) is 11.6. The van der Waals surface area contributed by atoms with Crippen LogP contribution in [-0.4, -0.2) is 25.0 Å². The summed E-state index contributed by atoms with van der Waals surface area (Å²) in [5.41, 5.74) is 1.72. The van der Waals surface area contributed by atoms with Crippen LogP contribution >= 0.6 is 0 Å². The zero-order chi connectivity index (χ0) is 14.0. The summed E-state index contributed by atoms with van der Waals surface area (Å²) in [4.78, 5) is 25.8. The molecule has 1 aromatic rings. The summed E-state index contributed by atoms with van der Waals surface area (Å²) in [7, 11) is 1.40. The molecule has 0 saturated heterocycles. The van der Waals surface area contributed by atoms with Crippen molar-refractivity contribution in [2.75, 3.05) is 12.0 Å². The van der Waals surface area contributed by atoms with Crippen molar-refractivity contribution in [1.29, 1.82) is 0 Å². The SMILES string of the molecule is CCC(=O)N1c2ccccc2C(C(=O)OC)CC1C. The average Bonchev–Trinajstić information content (AvgIpc) is 2.44. The van der Waals surface area contributed by atoms with E-state index in [0.29, 0.717) is 12.8 Å². The molecule has 0 saturated carbocycles. The Morgan fingerprint density at radius 2 is 2.05 bits per heavy atom. The van der Waals surface area contributed by atoms with Gasteiger partial charge in [0.05, 0.1) is 13.0 Å². The molecule has 0 bridgehead atoms. The Morgan fingerprint density at radius 3 is 2.68 bits per heavy atom. The van der Waals surface area contributed by atoms with Crippen molar-refractivity contribution in [2.45, 2.75) is 38.6 Å². The number of benzene rings is 1. The van der Waals surface area contributed by atoms with Gasteiger partial charge in [0.15, 0.2) is 0 Å². The van der Waals surface area contributed by atoms with Gasteiger partial charge < -0.3 is 9.64 Å². The topological polar surface area (TPSA) is 46.6 Å². The summed E-state index contributed by atoms with van der Waals surface area (Å²) < 4.78 is 4.87. The normalized spacial score (nSPS) is 21.7. The summed E-state index contributed by atoms with van der Waals surface area (Å²) in [5, 5.41) is 0. The van der Waals surface area contributed by atoms with Crippen molar-refractivity contribution < 1.29 is 14.3 Å². The first-order valence-corrected chi connectivity index (χ1v) is 6.59. The highest BCUT2D eigenvalue weighted by molar-refractivity contribution is 5.97. The Morgan fingerprint density at radius 1 is 1.37 bits per heavy atom. The van der Waals surface area contributed by atoms with E-state index in [-0.39, 0.29) is 23.8 Å². The lowest BCUT2D eigenvalue weighted by Gasteiger charge is -2.38. The minimum atomic E-state index is -0.280. The first-order chi connectivity index (χ1) is 9.10. The lowest BCUT2D eigenvalue weighted by atomic mass is 9.86. The summed E-state index contributed by atoms with van der Waals surface area (Å²) in [5.74, 6) is -0.428. The van der Waals surface area contributed by atoms with Crippen LogP contribution in [-0.2, 0) is 14.3 Å². The molecule has 1 aromatic carbocycles. The molecule has 2 unspecified atom stereocenters. The Balaban J connectivity index is 2.48. The van der Waals surface area contributed by atoms with Crippen molar-refractivity contribution in [3.05, 3.63) is 29.8 Å².